The summed E-state index contributed by atoms with van der Waals surface area (Å²) in [5.74, 6) is 0.197. The van der Waals surface area contributed by atoms with Gasteiger partial charge in [0.05, 0.1) is 6.54 Å². The van der Waals surface area contributed by atoms with Crippen molar-refractivity contribution in [2.75, 3.05) is 25.0 Å². The van der Waals surface area contributed by atoms with Gasteiger partial charge in [0.2, 0.25) is 5.91 Å². The van der Waals surface area contributed by atoms with Crippen LogP contribution in [0.25, 0.3) is 0 Å². The predicted molar refractivity (Wildman–Crippen MR) is 124 cm³/mol. The second-order valence-corrected chi connectivity index (χ2v) is 7.80. The number of amides is 2. The highest BCUT2D eigenvalue weighted by molar-refractivity contribution is 5.97. The van der Waals surface area contributed by atoms with Crippen LogP contribution in [-0.2, 0) is 11.2 Å². The summed E-state index contributed by atoms with van der Waals surface area (Å²) in [6, 6.07) is 15.8. The fraction of sp³-hybridized carbons (Fsp3) is 0.440. The number of rotatable bonds is 10. The molecule has 2 amide bonds. The quantitative estimate of drug-likeness (QED) is 0.600. The molecule has 0 unspecified atom stereocenters. The van der Waals surface area contributed by atoms with Gasteiger partial charge in [0, 0.05) is 30.4 Å². The Labute approximate surface area is 180 Å². The van der Waals surface area contributed by atoms with Gasteiger partial charge in [0.25, 0.3) is 5.91 Å². The molecular formula is C25H35N3O2. The number of benzene rings is 2. The Hall–Kier alpha value is -2.66. The monoisotopic (exact) mass is 409 g/mol. The Balaban J connectivity index is 2.00. The zero-order valence-corrected chi connectivity index (χ0v) is 18.9. The number of hydrogen-bond acceptors (Lipinski definition) is 3. The number of carbonyl (C=O) groups excluding carboxylic acids is 2. The van der Waals surface area contributed by atoms with E-state index in [9.17, 15) is 9.59 Å². The highest BCUT2D eigenvalue weighted by atomic mass is 16.2. The molecule has 162 valence electrons. The van der Waals surface area contributed by atoms with Gasteiger partial charge >= 0.3 is 0 Å². The van der Waals surface area contributed by atoms with Crippen molar-refractivity contribution in [1.29, 1.82) is 0 Å². The Morgan fingerprint density at radius 2 is 1.63 bits per heavy atom. The number of nitrogens with one attached hydrogen (secondary N) is 2. The van der Waals surface area contributed by atoms with E-state index in [-0.39, 0.29) is 24.4 Å². The summed E-state index contributed by atoms with van der Waals surface area (Å²) in [7, 11) is 0. The topological polar surface area (TPSA) is 61.4 Å². The lowest BCUT2D eigenvalue weighted by atomic mass is 9.95. The van der Waals surface area contributed by atoms with Gasteiger partial charge in [-0.05, 0) is 55.5 Å². The molecule has 2 N–H and O–H groups in total. The molecule has 0 saturated heterocycles. The fourth-order valence-electron chi connectivity index (χ4n) is 3.53. The summed E-state index contributed by atoms with van der Waals surface area (Å²) in [5.41, 5.74) is 3.70. The van der Waals surface area contributed by atoms with Crippen LogP contribution in [0, 0.1) is 5.92 Å². The molecule has 5 nitrogen and oxygen atoms in total. The molecule has 0 aromatic heterocycles. The first-order valence-corrected chi connectivity index (χ1v) is 10.9. The lowest BCUT2D eigenvalue weighted by molar-refractivity contribution is -0.115. The molecule has 2 aromatic carbocycles. The summed E-state index contributed by atoms with van der Waals surface area (Å²) in [4.78, 5) is 26.8. The van der Waals surface area contributed by atoms with Gasteiger partial charge in [0.1, 0.15) is 0 Å². The molecule has 5 heteroatoms. The average Bonchev–Trinajstić information content (AvgIpc) is 2.75. The van der Waals surface area contributed by atoms with Crippen molar-refractivity contribution in [1.82, 2.24) is 10.2 Å². The van der Waals surface area contributed by atoms with Crippen LogP contribution in [0.1, 0.15) is 62.1 Å². The van der Waals surface area contributed by atoms with Crippen molar-refractivity contribution in [3.05, 3.63) is 65.2 Å². The minimum atomic E-state index is -0.127. The third kappa shape index (κ3) is 6.42. The van der Waals surface area contributed by atoms with E-state index in [1.54, 1.807) is 29.2 Å². The Morgan fingerprint density at radius 1 is 0.967 bits per heavy atom. The fourth-order valence-corrected chi connectivity index (χ4v) is 3.53. The normalized spacial score (nSPS) is 11.9. The molecule has 0 fully saturated rings. The number of carbonyl (C=O) groups is 2. The largest absolute Gasteiger partial charge is 0.339 e. The predicted octanol–water partition coefficient (Wildman–Crippen LogP) is 4.66. The van der Waals surface area contributed by atoms with E-state index in [1.165, 1.54) is 11.1 Å². The maximum Gasteiger partial charge on any atom is 0.253 e. The molecule has 0 radical (unpaired) electrons. The summed E-state index contributed by atoms with van der Waals surface area (Å²) in [6.07, 6.45) is 1.01. The van der Waals surface area contributed by atoms with Crippen LogP contribution in [0.3, 0.4) is 0 Å². The first-order chi connectivity index (χ1) is 14.4. The van der Waals surface area contributed by atoms with Crippen LogP contribution in [-0.4, -0.2) is 36.3 Å². The maximum absolute atomic E-state index is 12.5. The smallest absolute Gasteiger partial charge is 0.253 e. The van der Waals surface area contributed by atoms with Gasteiger partial charge in [0.15, 0.2) is 0 Å². The molecular weight excluding hydrogens is 374 g/mol. The zero-order valence-electron chi connectivity index (χ0n) is 18.9. The molecule has 2 aromatic rings. The minimum Gasteiger partial charge on any atom is -0.339 e. The molecule has 0 saturated carbocycles. The van der Waals surface area contributed by atoms with E-state index >= 15 is 0 Å². The van der Waals surface area contributed by atoms with E-state index in [1.807, 2.05) is 13.8 Å². The van der Waals surface area contributed by atoms with Gasteiger partial charge in [-0.3, -0.25) is 9.59 Å². The van der Waals surface area contributed by atoms with E-state index in [4.69, 9.17) is 0 Å². The van der Waals surface area contributed by atoms with Gasteiger partial charge in [-0.2, -0.15) is 0 Å². The second kappa shape index (κ2) is 11.5. The third-order valence-corrected chi connectivity index (χ3v) is 5.34. The van der Waals surface area contributed by atoms with Crippen LogP contribution < -0.4 is 10.6 Å². The molecule has 1 atom stereocenters. The average molecular weight is 410 g/mol. The summed E-state index contributed by atoms with van der Waals surface area (Å²) in [5, 5.41) is 6.28. The molecule has 0 bridgehead atoms. The maximum atomic E-state index is 12.5. The first-order valence-electron chi connectivity index (χ1n) is 10.9. The lowest BCUT2D eigenvalue weighted by Crippen LogP contribution is -2.33. The molecule has 0 heterocycles. The summed E-state index contributed by atoms with van der Waals surface area (Å²) < 4.78 is 0. The van der Waals surface area contributed by atoms with Gasteiger partial charge in [-0.1, -0.05) is 51.1 Å². The molecule has 0 aliphatic heterocycles. The molecule has 30 heavy (non-hydrogen) atoms. The van der Waals surface area contributed by atoms with E-state index < -0.39 is 0 Å². The van der Waals surface area contributed by atoms with Crippen LogP contribution in [0.15, 0.2) is 48.5 Å². The number of nitrogens with zero attached hydrogens (tertiary/aromatic N) is 1. The third-order valence-electron chi connectivity index (χ3n) is 5.34. The lowest BCUT2D eigenvalue weighted by Gasteiger charge is -2.23. The van der Waals surface area contributed by atoms with E-state index in [0.29, 0.717) is 30.3 Å². The van der Waals surface area contributed by atoms with E-state index in [0.717, 1.165) is 6.42 Å². The van der Waals surface area contributed by atoms with Crippen LogP contribution in [0.2, 0.25) is 0 Å². The van der Waals surface area contributed by atoms with Crippen molar-refractivity contribution < 1.29 is 9.59 Å². The SMILES string of the molecule is CCc1ccc([C@@H](NCC(=O)Nc2cccc(C(=O)N(CC)CC)c2)C(C)C)cc1. The molecule has 0 aliphatic carbocycles. The van der Waals surface area contributed by atoms with Crippen molar-refractivity contribution in [3.8, 4) is 0 Å². The Bertz CT molecular complexity index is 827. The van der Waals surface area contributed by atoms with E-state index in [2.05, 4.69) is 55.7 Å². The number of anilines is 1. The van der Waals surface area contributed by atoms with Gasteiger partial charge in [-0.15, -0.1) is 0 Å². The van der Waals surface area contributed by atoms with Gasteiger partial charge < -0.3 is 15.5 Å². The summed E-state index contributed by atoms with van der Waals surface area (Å²) >= 11 is 0. The highest BCUT2D eigenvalue weighted by Crippen LogP contribution is 2.22. The van der Waals surface area contributed by atoms with Crippen molar-refractivity contribution in [2.24, 2.45) is 5.92 Å². The molecule has 0 spiro atoms. The van der Waals surface area contributed by atoms with Crippen molar-refractivity contribution >= 4 is 17.5 Å². The molecule has 0 aliphatic rings. The zero-order chi connectivity index (χ0) is 22.1. The Kier molecular flexibility index (Phi) is 9.06. The van der Waals surface area contributed by atoms with Crippen LogP contribution >= 0.6 is 0 Å². The van der Waals surface area contributed by atoms with Crippen LogP contribution in [0.4, 0.5) is 5.69 Å². The Morgan fingerprint density at radius 3 is 2.20 bits per heavy atom. The first kappa shape index (κ1) is 23.6. The molecule has 2 rings (SSSR count). The van der Waals surface area contributed by atoms with Crippen LogP contribution in [0.5, 0.6) is 0 Å². The standard InChI is InChI=1S/C25H35N3O2/c1-6-19-12-14-20(15-13-19)24(18(4)5)26-17-23(29)27-22-11-9-10-21(16-22)25(30)28(7-2)8-3/h9-16,18,24,26H,6-8,17H2,1-5H3,(H,27,29)/t24-/m0/s1. The second-order valence-electron chi connectivity index (χ2n) is 7.80. The minimum absolute atomic E-state index is 0.0235. The number of hydrogen-bond donors (Lipinski definition) is 2. The number of aryl methyl sites for hydroxylation is 1. The van der Waals surface area contributed by atoms with Gasteiger partial charge in [-0.25, -0.2) is 0 Å². The van der Waals surface area contributed by atoms with Crippen molar-refractivity contribution in [3.63, 3.8) is 0 Å². The highest BCUT2D eigenvalue weighted by Gasteiger charge is 2.17. The van der Waals surface area contributed by atoms with Crippen molar-refractivity contribution in [2.45, 2.75) is 47.1 Å². The summed E-state index contributed by atoms with van der Waals surface area (Å²) in [6.45, 7) is 11.9.